The number of aromatic hydroxyl groups is 2. The summed E-state index contributed by atoms with van der Waals surface area (Å²) in [7, 11) is 1.60. The zero-order valence-corrected chi connectivity index (χ0v) is 19.9. The van der Waals surface area contributed by atoms with Crippen molar-refractivity contribution in [2.45, 2.75) is 32.6 Å². The lowest BCUT2D eigenvalue weighted by Gasteiger charge is -2.12. The highest BCUT2D eigenvalue weighted by atomic mass is 16.5. The van der Waals surface area contributed by atoms with Crippen LogP contribution in [0, 0.1) is 0 Å². The molecule has 180 valence electrons. The van der Waals surface area contributed by atoms with Gasteiger partial charge in [-0.15, -0.1) is 0 Å². The van der Waals surface area contributed by atoms with Crippen LogP contribution >= 0.6 is 0 Å². The fourth-order valence-electron chi connectivity index (χ4n) is 3.66. The summed E-state index contributed by atoms with van der Waals surface area (Å²) in [5.41, 5.74) is 1.66. The van der Waals surface area contributed by atoms with Crippen molar-refractivity contribution in [2.24, 2.45) is 0 Å². The number of benzene rings is 3. The SMILES string of the molecule is CCCCCCOc1ccc(-c2nc(-c3ccc(OC)cc3)nc(-c3ccccc3O)n2)c(O)c1. The summed E-state index contributed by atoms with van der Waals surface area (Å²) < 4.78 is 11.0. The Balaban J connectivity index is 1.71. The van der Waals surface area contributed by atoms with Crippen LogP contribution in [0.5, 0.6) is 23.0 Å². The summed E-state index contributed by atoms with van der Waals surface area (Å²) in [6, 6.07) is 19.3. The first kappa shape index (κ1) is 24.0. The molecule has 0 bridgehead atoms. The van der Waals surface area contributed by atoms with Gasteiger partial charge in [-0.2, -0.15) is 0 Å². The fourth-order valence-corrected chi connectivity index (χ4v) is 3.66. The normalized spacial score (nSPS) is 10.8. The minimum atomic E-state index is 0.00572. The molecule has 0 unspecified atom stereocenters. The van der Waals surface area contributed by atoms with E-state index in [0.29, 0.717) is 40.9 Å². The van der Waals surface area contributed by atoms with Crippen molar-refractivity contribution in [3.05, 3.63) is 66.7 Å². The van der Waals surface area contributed by atoms with Gasteiger partial charge in [0.1, 0.15) is 23.0 Å². The van der Waals surface area contributed by atoms with Crippen LogP contribution in [-0.4, -0.2) is 38.9 Å². The lowest BCUT2D eigenvalue weighted by atomic mass is 10.1. The van der Waals surface area contributed by atoms with E-state index in [9.17, 15) is 10.2 Å². The maximum absolute atomic E-state index is 10.8. The zero-order valence-electron chi connectivity index (χ0n) is 19.9. The quantitative estimate of drug-likeness (QED) is 0.264. The second-order valence-corrected chi connectivity index (χ2v) is 8.14. The van der Waals surface area contributed by atoms with E-state index >= 15 is 0 Å². The van der Waals surface area contributed by atoms with Crippen LogP contribution in [0.3, 0.4) is 0 Å². The van der Waals surface area contributed by atoms with E-state index in [1.54, 1.807) is 49.6 Å². The van der Waals surface area contributed by atoms with Crippen molar-refractivity contribution in [3.63, 3.8) is 0 Å². The van der Waals surface area contributed by atoms with Crippen LogP contribution in [0.1, 0.15) is 32.6 Å². The molecule has 0 amide bonds. The first-order chi connectivity index (χ1) is 17.1. The smallest absolute Gasteiger partial charge is 0.167 e. The average molecular weight is 472 g/mol. The Morgan fingerprint density at radius 3 is 2.00 bits per heavy atom. The van der Waals surface area contributed by atoms with Crippen molar-refractivity contribution in [3.8, 4) is 57.2 Å². The zero-order chi connectivity index (χ0) is 24.6. The number of ether oxygens (including phenoxy) is 2. The van der Waals surface area contributed by atoms with Crippen LogP contribution in [0.4, 0.5) is 0 Å². The van der Waals surface area contributed by atoms with Crippen LogP contribution in [0.25, 0.3) is 34.2 Å². The maximum Gasteiger partial charge on any atom is 0.167 e. The van der Waals surface area contributed by atoms with Gasteiger partial charge < -0.3 is 19.7 Å². The molecule has 0 radical (unpaired) electrons. The van der Waals surface area contributed by atoms with Gasteiger partial charge in [-0.3, -0.25) is 0 Å². The molecule has 0 atom stereocenters. The van der Waals surface area contributed by atoms with E-state index in [0.717, 1.165) is 18.4 Å². The van der Waals surface area contributed by atoms with Gasteiger partial charge in [0.25, 0.3) is 0 Å². The summed E-state index contributed by atoms with van der Waals surface area (Å²) >= 11 is 0. The van der Waals surface area contributed by atoms with Gasteiger partial charge in [0, 0.05) is 11.6 Å². The Hall–Kier alpha value is -4.13. The second kappa shape index (κ2) is 11.3. The minimum Gasteiger partial charge on any atom is -0.507 e. The number of unbranched alkanes of at least 4 members (excludes halogenated alkanes) is 3. The minimum absolute atomic E-state index is 0.00572. The number of para-hydroxylation sites is 1. The van der Waals surface area contributed by atoms with Gasteiger partial charge in [0.05, 0.1) is 24.8 Å². The fraction of sp³-hybridized carbons (Fsp3) is 0.250. The number of nitrogens with zero attached hydrogens (tertiary/aromatic N) is 3. The summed E-state index contributed by atoms with van der Waals surface area (Å²) in [6.07, 6.45) is 4.44. The number of phenolic OH excluding ortho intramolecular Hbond substituents is 2. The van der Waals surface area contributed by atoms with Crippen LogP contribution in [0.15, 0.2) is 66.7 Å². The molecule has 2 N–H and O–H groups in total. The lowest BCUT2D eigenvalue weighted by molar-refractivity contribution is 0.303. The third kappa shape index (κ3) is 5.87. The molecule has 4 rings (SSSR count). The highest BCUT2D eigenvalue weighted by Crippen LogP contribution is 2.34. The van der Waals surface area contributed by atoms with E-state index in [-0.39, 0.29) is 17.3 Å². The molecule has 1 aromatic heterocycles. The average Bonchev–Trinajstić information content (AvgIpc) is 2.88. The number of methoxy groups -OCH3 is 1. The molecule has 0 aliphatic heterocycles. The van der Waals surface area contributed by atoms with Crippen molar-refractivity contribution >= 4 is 0 Å². The molecular formula is C28H29N3O4. The Morgan fingerprint density at radius 2 is 1.34 bits per heavy atom. The van der Waals surface area contributed by atoms with Crippen molar-refractivity contribution in [2.75, 3.05) is 13.7 Å². The Bertz CT molecular complexity index is 1280. The number of phenols is 2. The highest BCUT2D eigenvalue weighted by molar-refractivity contribution is 5.72. The molecule has 0 saturated carbocycles. The number of aromatic nitrogens is 3. The third-order valence-corrected chi connectivity index (χ3v) is 5.61. The molecule has 0 aliphatic rings. The van der Waals surface area contributed by atoms with Gasteiger partial charge in [-0.05, 0) is 55.0 Å². The van der Waals surface area contributed by atoms with E-state index in [2.05, 4.69) is 21.9 Å². The molecule has 7 nitrogen and oxygen atoms in total. The van der Waals surface area contributed by atoms with Gasteiger partial charge >= 0.3 is 0 Å². The predicted molar refractivity (Wildman–Crippen MR) is 136 cm³/mol. The van der Waals surface area contributed by atoms with Crippen LogP contribution < -0.4 is 9.47 Å². The van der Waals surface area contributed by atoms with Crippen molar-refractivity contribution < 1.29 is 19.7 Å². The maximum atomic E-state index is 10.8. The Morgan fingerprint density at radius 1 is 0.686 bits per heavy atom. The third-order valence-electron chi connectivity index (χ3n) is 5.61. The van der Waals surface area contributed by atoms with Gasteiger partial charge in [0.15, 0.2) is 17.5 Å². The highest BCUT2D eigenvalue weighted by Gasteiger charge is 2.17. The molecule has 0 spiro atoms. The molecule has 4 aromatic rings. The Labute approximate surface area is 205 Å². The number of hydrogen-bond acceptors (Lipinski definition) is 7. The van der Waals surface area contributed by atoms with Crippen LogP contribution in [0.2, 0.25) is 0 Å². The largest absolute Gasteiger partial charge is 0.507 e. The second-order valence-electron chi connectivity index (χ2n) is 8.14. The molecule has 35 heavy (non-hydrogen) atoms. The van der Waals surface area contributed by atoms with E-state index < -0.39 is 0 Å². The number of rotatable bonds is 10. The molecule has 0 aliphatic carbocycles. The van der Waals surface area contributed by atoms with Crippen molar-refractivity contribution in [1.82, 2.24) is 15.0 Å². The Kier molecular flexibility index (Phi) is 7.77. The monoisotopic (exact) mass is 471 g/mol. The lowest BCUT2D eigenvalue weighted by Crippen LogP contribution is -2.01. The van der Waals surface area contributed by atoms with Gasteiger partial charge in [-0.1, -0.05) is 38.3 Å². The van der Waals surface area contributed by atoms with E-state index in [4.69, 9.17) is 9.47 Å². The number of hydrogen-bond donors (Lipinski definition) is 2. The van der Waals surface area contributed by atoms with Crippen molar-refractivity contribution in [1.29, 1.82) is 0 Å². The summed E-state index contributed by atoms with van der Waals surface area (Å²) in [5.74, 6) is 2.37. The molecule has 1 heterocycles. The molecular weight excluding hydrogens is 442 g/mol. The first-order valence-electron chi connectivity index (χ1n) is 11.7. The summed E-state index contributed by atoms with van der Waals surface area (Å²) in [4.78, 5) is 13.8. The molecule has 7 heteroatoms. The van der Waals surface area contributed by atoms with Gasteiger partial charge in [-0.25, -0.2) is 15.0 Å². The standard InChI is InChI=1S/C28H29N3O4/c1-3-4-5-8-17-35-21-15-16-23(25(33)18-21)28-30-26(19-11-13-20(34-2)14-12-19)29-27(31-28)22-9-6-7-10-24(22)32/h6-7,9-16,18,32-33H,3-5,8,17H2,1-2H3. The summed E-state index contributed by atoms with van der Waals surface area (Å²) in [6.45, 7) is 2.77. The molecule has 0 fully saturated rings. The summed E-state index contributed by atoms with van der Waals surface area (Å²) in [5, 5.41) is 21.2. The van der Waals surface area contributed by atoms with Crippen LogP contribution in [-0.2, 0) is 0 Å². The molecule has 3 aromatic carbocycles. The van der Waals surface area contributed by atoms with Gasteiger partial charge in [0.2, 0.25) is 0 Å². The molecule has 0 saturated heterocycles. The topological polar surface area (TPSA) is 97.6 Å². The van der Waals surface area contributed by atoms with E-state index in [1.807, 2.05) is 24.3 Å². The van der Waals surface area contributed by atoms with E-state index in [1.165, 1.54) is 12.8 Å². The first-order valence-corrected chi connectivity index (χ1v) is 11.7. The predicted octanol–water partition coefficient (Wildman–Crippen LogP) is 6.25.